The summed E-state index contributed by atoms with van der Waals surface area (Å²) >= 11 is 0. The smallest absolute Gasteiger partial charge is 0.387 e. The van der Waals surface area contributed by atoms with E-state index < -0.39 is 6.61 Å². The number of ether oxygens (including phenoxy) is 2. The van der Waals surface area contributed by atoms with Crippen LogP contribution in [0.2, 0.25) is 0 Å². The standard InChI is InChI=1S/C20H25F2N3O2/c1-23-20(24-12-10-15-6-4-3-5-7-15)25-13-11-16-8-9-17(26-2)18(14-16)27-19(21)22/h3-9,14,19H,10-13H2,1-2H3,(H2,23,24,25). The van der Waals surface area contributed by atoms with Gasteiger partial charge in [0.2, 0.25) is 0 Å². The third kappa shape index (κ3) is 7.13. The van der Waals surface area contributed by atoms with E-state index >= 15 is 0 Å². The van der Waals surface area contributed by atoms with E-state index in [0.29, 0.717) is 18.9 Å². The fourth-order valence-corrected chi connectivity index (χ4v) is 2.58. The van der Waals surface area contributed by atoms with Crippen LogP contribution in [0, 0.1) is 0 Å². The minimum atomic E-state index is -2.89. The van der Waals surface area contributed by atoms with Crippen LogP contribution in [0.1, 0.15) is 11.1 Å². The van der Waals surface area contributed by atoms with Gasteiger partial charge in [0.1, 0.15) is 0 Å². The van der Waals surface area contributed by atoms with E-state index in [1.807, 2.05) is 24.3 Å². The van der Waals surface area contributed by atoms with E-state index in [-0.39, 0.29) is 11.5 Å². The van der Waals surface area contributed by atoms with E-state index in [1.54, 1.807) is 19.2 Å². The second-order valence-corrected chi connectivity index (χ2v) is 5.78. The summed E-state index contributed by atoms with van der Waals surface area (Å²) in [5.41, 5.74) is 2.11. The molecule has 2 aromatic rings. The molecule has 7 heteroatoms. The first-order chi connectivity index (χ1) is 13.1. The van der Waals surface area contributed by atoms with Crippen molar-refractivity contribution in [1.29, 1.82) is 0 Å². The lowest BCUT2D eigenvalue weighted by Crippen LogP contribution is -2.39. The first kappa shape index (κ1) is 20.5. The van der Waals surface area contributed by atoms with Crippen molar-refractivity contribution in [1.82, 2.24) is 10.6 Å². The summed E-state index contributed by atoms with van der Waals surface area (Å²) in [7, 11) is 3.12. The van der Waals surface area contributed by atoms with Crippen LogP contribution in [-0.4, -0.2) is 39.8 Å². The van der Waals surface area contributed by atoms with E-state index in [0.717, 1.165) is 18.5 Å². The van der Waals surface area contributed by atoms with Gasteiger partial charge >= 0.3 is 6.61 Å². The van der Waals surface area contributed by atoms with Gasteiger partial charge in [-0.2, -0.15) is 8.78 Å². The summed E-state index contributed by atoms with van der Waals surface area (Å²) in [4.78, 5) is 4.19. The number of nitrogens with one attached hydrogen (secondary N) is 2. The molecule has 0 aliphatic carbocycles. The monoisotopic (exact) mass is 377 g/mol. The molecule has 5 nitrogen and oxygen atoms in total. The van der Waals surface area contributed by atoms with Gasteiger partial charge in [-0.1, -0.05) is 36.4 Å². The van der Waals surface area contributed by atoms with Crippen molar-refractivity contribution in [2.24, 2.45) is 4.99 Å². The average molecular weight is 377 g/mol. The van der Waals surface area contributed by atoms with Gasteiger partial charge in [-0.15, -0.1) is 0 Å². The lowest BCUT2D eigenvalue weighted by molar-refractivity contribution is -0.0512. The van der Waals surface area contributed by atoms with Crippen LogP contribution in [0.5, 0.6) is 11.5 Å². The number of nitrogens with zero attached hydrogens (tertiary/aromatic N) is 1. The number of hydrogen-bond acceptors (Lipinski definition) is 3. The first-order valence-corrected chi connectivity index (χ1v) is 8.72. The molecule has 0 aromatic heterocycles. The Balaban J connectivity index is 1.79. The third-order valence-electron chi connectivity index (χ3n) is 3.92. The number of hydrogen-bond donors (Lipinski definition) is 2. The zero-order valence-corrected chi connectivity index (χ0v) is 15.5. The Morgan fingerprint density at radius 3 is 2.22 bits per heavy atom. The minimum absolute atomic E-state index is 0.0374. The third-order valence-corrected chi connectivity index (χ3v) is 3.92. The van der Waals surface area contributed by atoms with Crippen molar-refractivity contribution < 1.29 is 18.3 Å². The lowest BCUT2D eigenvalue weighted by atomic mass is 10.1. The van der Waals surface area contributed by atoms with Crippen LogP contribution in [0.4, 0.5) is 8.78 Å². The second-order valence-electron chi connectivity index (χ2n) is 5.78. The first-order valence-electron chi connectivity index (χ1n) is 8.72. The molecule has 0 heterocycles. The number of methoxy groups -OCH3 is 1. The van der Waals surface area contributed by atoms with Gasteiger partial charge in [0.05, 0.1) is 7.11 Å². The maximum Gasteiger partial charge on any atom is 0.387 e. The van der Waals surface area contributed by atoms with E-state index in [4.69, 9.17) is 4.74 Å². The summed E-state index contributed by atoms with van der Waals surface area (Å²) in [5.74, 6) is 1.02. The fourth-order valence-electron chi connectivity index (χ4n) is 2.58. The topological polar surface area (TPSA) is 54.9 Å². The molecule has 0 atom stereocenters. The van der Waals surface area contributed by atoms with Gasteiger partial charge in [-0.3, -0.25) is 4.99 Å². The Morgan fingerprint density at radius 2 is 1.63 bits per heavy atom. The number of halogens is 2. The highest BCUT2D eigenvalue weighted by Crippen LogP contribution is 2.29. The van der Waals surface area contributed by atoms with Crippen LogP contribution < -0.4 is 20.1 Å². The summed E-state index contributed by atoms with van der Waals surface area (Å²) in [6, 6.07) is 15.2. The Kier molecular flexibility index (Phi) is 8.35. The van der Waals surface area contributed by atoms with Crippen molar-refractivity contribution >= 4 is 5.96 Å². The summed E-state index contributed by atoms with van der Waals surface area (Å²) in [5, 5.41) is 6.47. The van der Waals surface area contributed by atoms with Crippen LogP contribution in [-0.2, 0) is 12.8 Å². The maximum atomic E-state index is 12.5. The van der Waals surface area contributed by atoms with Crippen molar-refractivity contribution in [2.45, 2.75) is 19.5 Å². The number of guanidine groups is 1. The van der Waals surface area contributed by atoms with Gasteiger partial charge < -0.3 is 20.1 Å². The molecule has 27 heavy (non-hydrogen) atoms. The Morgan fingerprint density at radius 1 is 0.963 bits per heavy atom. The summed E-state index contributed by atoms with van der Waals surface area (Å²) < 4.78 is 34.5. The molecule has 0 fully saturated rings. The van der Waals surface area contributed by atoms with Gasteiger partial charge in [0, 0.05) is 20.1 Å². The second kappa shape index (κ2) is 11.0. The number of rotatable bonds is 9. The van der Waals surface area contributed by atoms with E-state index in [2.05, 4.69) is 32.5 Å². The van der Waals surface area contributed by atoms with E-state index in [1.165, 1.54) is 12.7 Å². The quantitative estimate of drug-likeness (QED) is 0.520. The van der Waals surface area contributed by atoms with Crippen LogP contribution >= 0.6 is 0 Å². The molecule has 0 aliphatic heterocycles. The van der Waals surface area contributed by atoms with Crippen molar-refractivity contribution in [3.8, 4) is 11.5 Å². The highest BCUT2D eigenvalue weighted by molar-refractivity contribution is 5.79. The predicted octanol–water partition coefficient (Wildman–Crippen LogP) is 3.25. The summed E-state index contributed by atoms with van der Waals surface area (Å²) in [6.07, 6.45) is 1.53. The fraction of sp³-hybridized carbons (Fsp3) is 0.350. The molecule has 2 aromatic carbocycles. The van der Waals surface area contributed by atoms with Crippen molar-refractivity contribution in [3.63, 3.8) is 0 Å². The van der Waals surface area contributed by atoms with Crippen LogP contribution in [0.25, 0.3) is 0 Å². The maximum absolute atomic E-state index is 12.5. The van der Waals surface area contributed by atoms with Crippen LogP contribution in [0.15, 0.2) is 53.5 Å². The normalized spacial score (nSPS) is 11.4. The molecule has 146 valence electrons. The molecule has 2 rings (SSSR count). The molecule has 0 saturated carbocycles. The molecule has 2 N–H and O–H groups in total. The Labute approximate surface area is 158 Å². The molecule has 0 amide bonds. The molecule has 0 radical (unpaired) electrons. The van der Waals surface area contributed by atoms with Crippen molar-refractivity contribution in [3.05, 3.63) is 59.7 Å². The highest BCUT2D eigenvalue weighted by Gasteiger charge is 2.11. The molecule has 0 aliphatic rings. The zero-order valence-electron chi connectivity index (χ0n) is 15.5. The Hall–Kier alpha value is -2.83. The lowest BCUT2D eigenvalue weighted by Gasteiger charge is -2.13. The number of aliphatic imine (C=N–C) groups is 1. The Bertz CT molecular complexity index is 724. The highest BCUT2D eigenvalue weighted by atomic mass is 19.3. The van der Waals surface area contributed by atoms with Gasteiger partial charge in [0.15, 0.2) is 17.5 Å². The van der Waals surface area contributed by atoms with Gasteiger partial charge in [-0.05, 0) is 36.1 Å². The van der Waals surface area contributed by atoms with Crippen molar-refractivity contribution in [2.75, 3.05) is 27.2 Å². The average Bonchev–Trinajstić information content (AvgIpc) is 2.67. The number of benzene rings is 2. The van der Waals surface area contributed by atoms with Gasteiger partial charge in [0.25, 0.3) is 0 Å². The molecule has 0 bridgehead atoms. The summed E-state index contributed by atoms with van der Waals surface area (Å²) in [6.45, 7) is -1.52. The van der Waals surface area contributed by atoms with Crippen LogP contribution in [0.3, 0.4) is 0 Å². The zero-order chi connectivity index (χ0) is 19.5. The molecule has 0 saturated heterocycles. The molecular weight excluding hydrogens is 352 g/mol. The minimum Gasteiger partial charge on any atom is -0.493 e. The molecule has 0 spiro atoms. The number of alkyl halides is 2. The molecule has 0 unspecified atom stereocenters. The predicted molar refractivity (Wildman–Crippen MR) is 103 cm³/mol. The molecular formula is C20H25F2N3O2. The largest absolute Gasteiger partial charge is 0.493 e. The van der Waals surface area contributed by atoms with Gasteiger partial charge in [-0.25, -0.2) is 0 Å². The van der Waals surface area contributed by atoms with E-state index in [9.17, 15) is 8.78 Å². The SMILES string of the molecule is CN=C(NCCc1ccccc1)NCCc1ccc(OC)c(OC(F)F)c1.